The van der Waals surface area contributed by atoms with Crippen molar-refractivity contribution < 1.29 is 15.0 Å². The first-order valence-electron chi connectivity index (χ1n) is 9.76. The number of hydrogen-bond donors (Lipinski definition) is 3. The third-order valence-corrected chi connectivity index (χ3v) is 4.86. The summed E-state index contributed by atoms with van der Waals surface area (Å²) < 4.78 is 0. The largest absolute Gasteiger partial charge is 0.508 e. The van der Waals surface area contributed by atoms with E-state index in [0.29, 0.717) is 39.9 Å². The highest BCUT2D eigenvalue weighted by atomic mass is 16.3. The summed E-state index contributed by atoms with van der Waals surface area (Å²) in [6.07, 6.45) is 3.79. The predicted octanol–water partition coefficient (Wildman–Crippen LogP) is 4.25. The molecule has 2 aromatic heterocycles. The van der Waals surface area contributed by atoms with Crippen LogP contribution in [0.4, 0.5) is 0 Å². The molecule has 3 N–H and O–H groups in total. The zero-order valence-electron chi connectivity index (χ0n) is 16.8. The molecule has 0 aliphatic heterocycles. The van der Waals surface area contributed by atoms with Gasteiger partial charge in [0.1, 0.15) is 11.5 Å². The number of carbonyl (C=O) groups is 1. The second-order valence-corrected chi connectivity index (χ2v) is 6.86. The van der Waals surface area contributed by atoms with Gasteiger partial charge in [0.05, 0.1) is 22.5 Å². The van der Waals surface area contributed by atoms with Crippen molar-refractivity contribution >= 4 is 22.5 Å². The van der Waals surface area contributed by atoms with Crippen LogP contribution in [-0.4, -0.2) is 31.8 Å². The number of nitrogens with zero attached hydrogens (tertiary/aromatic N) is 3. The predicted molar refractivity (Wildman–Crippen MR) is 119 cm³/mol. The molecule has 0 bridgehead atoms. The lowest BCUT2D eigenvalue weighted by molar-refractivity contribution is 0.0956. The molecular weight excluding hydrogens is 392 g/mol. The smallest absolute Gasteiger partial charge is 0.272 e. The molecule has 0 fully saturated rings. The third kappa shape index (κ3) is 4.20. The molecule has 0 aliphatic carbocycles. The lowest BCUT2D eigenvalue weighted by atomic mass is 10.0. The van der Waals surface area contributed by atoms with Crippen LogP contribution < -0.4 is 5.43 Å². The molecule has 2 aromatic carbocycles. The highest BCUT2D eigenvalue weighted by Gasteiger charge is 2.15. The molecule has 7 heteroatoms. The molecule has 0 spiro atoms. The summed E-state index contributed by atoms with van der Waals surface area (Å²) >= 11 is 0. The fourth-order valence-electron chi connectivity index (χ4n) is 3.30. The summed E-state index contributed by atoms with van der Waals surface area (Å²) in [7, 11) is 0. The Morgan fingerprint density at radius 2 is 1.77 bits per heavy atom. The monoisotopic (exact) mass is 412 g/mol. The summed E-state index contributed by atoms with van der Waals surface area (Å²) in [5.41, 5.74) is 5.99. The maximum atomic E-state index is 13.1. The summed E-state index contributed by atoms with van der Waals surface area (Å²) in [4.78, 5) is 21.8. The highest BCUT2D eigenvalue weighted by molar-refractivity contribution is 6.08. The zero-order chi connectivity index (χ0) is 21.8. The summed E-state index contributed by atoms with van der Waals surface area (Å²) in [6.45, 7) is 1.85. The second-order valence-electron chi connectivity index (χ2n) is 6.86. The van der Waals surface area contributed by atoms with Crippen LogP contribution in [0, 0.1) is 0 Å². The Morgan fingerprint density at radius 1 is 1.00 bits per heavy atom. The van der Waals surface area contributed by atoms with Gasteiger partial charge in [0.2, 0.25) is 0 Å². The van der Waals surface area contributed by atoms with Crippen LogP contribution in [0.1, 0.15) is 29.3 Å². The van der Waals surface area contributed by atoms with E-state index in [4.69, 9.17) is 0 Å². The quantitative estimate of drug-likeness (QED) is 0.258. The van der Waals surface area contributed by atoms with E-state index in [0.717, 1.165) is 5.56 Å². The number of pyridine rings is 2. The van der Waals surface area contributed by atoms with Crippen molar-refractivity contribution in [2.75, 3.05) is 0 Å². The Bertz CT molecular complexity index is 1290. The normalized spacial score (nSPS) is 11.5. The number of benzene rings is 2. The van der Waals surface area contributed by atoms with Crippen LogP contribution in [0.15, 0.2) is 78.2 Å². The number of rotatable bonds is 5. The number of phenolic OH excluding ortho intramolecular Hbond substituents is 2. The molecule has 2 heterocycles. The van der Waals surface area contributed by atoms with Gasteiger partial charge in [-0.15, -0.1) is 0 Å². The molecule has 31 heavy (non-hydrogen) atoms. The van der Waals surface area contributed by atoms with Crippen LogP contribution in [0.3, 0.4) is 0 Å². The first kappa shape index (κ1) is 20.0. The minimum absolute atomic E-state index is 0.00222. The lowest BCUT2D eigenvalue weighted by Crippen LogP contribution is -2.20. The Hall–Kier alpha value is -4.26. The minimum Gasteiger partial charge on any atom is -0.508 e. The van der Waals surface area contributed by atoms with Crippen LogP contribution in [0.5, 0.6) is 11.5 Å². The molecule has 4 rings (SSSR count). The van der Waals surface area contributed by atoms with E-state index in [9.17, 15) is 15.0 Å². The molecule has 1 amide bonds. The molecule has 0 unspecified atom stereocenters. The third-order valence-electron chi connectivity index (χ3n) is 4.86. The number of para-hydroxylation sites is 1. The fraction of sp³-hybridized carbons (Fsp3) is 0.0833. The number of fused-ring (bicyclic) bond motifs is 1. The molecule has 0 aliphatic rings. The average molecular weight is 412 g/mol. The van der Waals surface area contributed by atoms with Gasteiger partial charge in [0.15, 0.2) is 0 Å². The molecule has 0 atom stereocenters. The first-order valence-corrected chi connectivity index (χ1v) is 9.76. The maximum Gasteiger partial charge on any atom is 0.272 e. The summed E-state index contributed by atoms with van der Waals surface area (Å²) in [5, 5.41) is 24.7. The van der Waals surface area contributed by atoms with E-state index in [1.54, 1.807) is 18.5 Å². The van der Waals surface area contributed by atoms with Gasteiger partial charge in [-0.1, -0.05) is 25.1 Å². The van der Waals surface area contributed by atoms with E-state index >= 15 is 0 Å². The van der Waals surface area contributed by atoms with Crippen molar-refractivity contribution in [3.05, 3.63) is 84.2 Å². The van der Waals surface area contributed by atoms with Gasteiger partial charge in [-0.25, -0.2) is 10.4 Å². The van der Waals surface area contributed by atoms with Crippen LogP contribution in [0.25, 0.3) is 22.2 Å². The van der Waals surface area contributed by atoms with Crippen LogP contribution >= 0.6 is 0 Å². The average Bonchev–Trinajstić information content (AvgIpc) is 2.81. The lowest BCUT2D eigenvalue weighted by Gasteiger charge is -2.10. The number of aromatic hydroxyl groups is 2. The SMILES string of the molecule is CCC(=NNC(=O)c1cc(-c2ccncc2)nc2ccccc12)c1cc(O)ccc1O. The van der Waals surface area contributed by atoms with E-state index in [1.165, 1.54) is 18.2 Å². The van der Waals surface area contributed by atoms with Gasteiger partial charge in [0, 0.05) is 28.9 Å². The number of hydrazone groups is 1. The van der Waals surface area contributed by atoms with Crippen molar-refractivity contribution in [2.45, 2.75) is 13.3 Å². The number of amides is 1. The van der Waals surface area contributed by atoms with Gasteiger partial charge >= 0.3 is 0 Å². The van der Waals surface area contributed by atoms with Crippen molar-refractivity contribution in [1.29, 1.82) is 0 Å². The Morgan fingerprint density at radius 3 is 2.55 bits per heavy atom. The van der Waals surface area contributed by atoms with Crippen molar-refractivity contribution in [1.82, 2.24) is 15.4 Å². The molecule has 0 radical (unpaired) electrons. The first-order chi connectivity index (χ1) is 15.1. The van der Waals surface area contributed by atoms with Gasteiger partial charge in [-0.3, -0.25) is 9.78 Å². The minimum atomic E-state index is -0.403. The summed E-state index contributed by atoms with van der Waals surface area (Å²) in [6, 6.07) is 17.0. The number of hydrogen-bond acceptors (Lipinski definition) is 6. The molecule has 0 saturated heterocycles. The standard InChI is InChI=1S/C24H20N4O3/c1-2-20(19-13-16(29)7-8-23(19)30)27-28-24(31)18-14-22(15-9-11-25-12-10-15)26-21-6-4-3-5-17(18)21/h3-14,29-30H,2H2,1H3,(H,28,31). The van der Waals surface area contributed by atoms with E-state index < -0.39 is 5.91 Å². The van der Waals surface area contributed by atoms with E-state index in [-0.39, 0.29) is 11.5 Å². The van der Waals surface area contributed by atoms with Gasteiger partial charge in [-0.2, -0.15) is 5.10 Å². The number of nitrogens with one attached hydrogen (secondary N) is 1. The van der Waals surface area contributed by atoms with E-state index in [1.807, 2.05) is 43.3 Å². The van der Waals surface area contributed by atoms with Gasteiger partial charge in [-0.05, 0) is 48.9 Å². The Kier molecular flexibility index (Phi) is 5.57. The topological polar surface area (TPSA) is 108 Å². The molecule has 7 nitrogen and oxygen atoms in total. The summed E-state index contributed by atoms with van der Waals surface area (Å²) in [5.74, 6) is -0.427. The van der Waals surface area contributed by atoms with Crippen LogP contribution in [0.2, 0.25) is 0 Å². The molecule has 4 aromatic rings. The molecule has 0 saturated carbocycles. The fourth-order valence-corrected chi connectivity index (χ4v) is 3.30. The van der Waals surface area contributed by atoms with Crippen LogP contribution in [-0.2, 0) is 0 Å². The molecule has 154 valence electrons. The van der Waals surface area contributed by atoms with Crippen molar-refractivity contribution in [2.24, 2.45) is 5.10 Å². The molecular formula is C24H20N4O3. The van der Waals surface area contributed by atoms with E-state index in [2.05, 4.69) is 20.5 Å². The number of phenols is 2. The Balaban J connectivity index is 1.73. The maximum absolute atomic E-state index is 13.1. The zero-order valence-corrected chi connectivity index (χ0v) is 16.8. The number of aromatic nitrogens is 2. The van der Waals surface area contributed by atoms with Gasteiger partial charge in [0.25, 0.3) is 5.91 Å². The van der Waals surface area contributed by atoms with Crippen molar-refractivity contribution in [3.63, 3.8) is 0 Å². The second kappa shape index (κ2) is 8.62. The Labute approximate surface area is 178 Å². The van der Waals surface area contributed by atoms with Crippen molar-refractivity contribution in [3.8, 4) is 22.8 Å². The number of carbonyl (C=O) groups excluding carboxylic acids is 1. The van der Waals surface area contributed by atoms with Gasteiger partial charge < -0.3 is 10.2 Å². The highest BCUT2D eigenvalue weighted by Crippen LogP contribution is 2.25.